The van der Waals surface area contributed by atoms with Crippen molar-refractivity contribution in [2.24, 2.45) is 0 Å². The minimum Gasteiger partial charge on any atom is -0.461 e. The average molecular weight is 229 g/mol. The normalized spacial score (nSPS) is 10.2. The molecule has 1 aromatic carbocycles. The molecule has 1 aromatic heterocycles. The van der Waals surface area contributed by atoms with Crippen LogP contribution < -0.4 is 0 Å². The maximum atomic E-state index is 11.7. The first kappa shape index (κ1) is 11.5. The third-order valence-electron chi connectivity index (χ3n) is 2.56. The summed E-state index contributed by atoms with van der Waals surface area (Å²) in [6.07, 6.45) is 1.75. The number of carbonyl (C=O) groups is 1. The molecule has 2 rings (SSSR count). The number of aromatic nitrogens is 1. The number of aromatic amines is 1. The summed E-state index contributed by atoms with van der Waals surface area (Å²) in [5.74, 6) is -0.311. The Morgan fingerprint density at radius 2 is 2.18 bits per heavy atom. The van der Waals surface area contributed by atoms with E-state index >= 15 is 0 Å². The summed E-state index contributed by atoms with van der Waals surface area (Å²) in [4.78, 5) is 14.7. The Labute approximate surface area is 100 Å². The van der Waals surface area contributed by atoms with Gasteiger partial charge in [-0.1, -0.05) is 29.8 Å². The lowest BCUT2D eigenvalue weighted by molar-refractivity contribution is 0.0521. The van der Waals surface area contributed by atoms with E-state index in [1.54, 1.807) is 13.1 Å². The van der Waals surface area contributed by atoms with Crippen molar-refractivity contribution >= 4 is 5.97 Å². The SMILES string of the molecule is CCOC(=O)c1[nH]ccc1-c1cccc(C)c1. The van der Waals surface area contributed by atoms with E-state index in [2.05, 4.69) is 4.98 Å². The van der Waals surface area contributed by atoms with Crippen molar-refractivity contribution in [2.75, 3.05) is 6.61 Å². The van der Waals surface area contributed by atoms with E-state index in [0.29, 0.717) is 12.3 Å². The van der Waals surface area contributed by atoms with Gasteiger partial charge >= 0.3 is 5.97 Å². The number of hydrogen-bond acceptors (Lipinski definition) is 2. The first-order chi connectivity index (χ1) is 8.22. The predicted octanol–water partition coefficient (Wildman–Crippen LogP) is 3.17. The van der Waals surface area contributed by atoms with Crippen LogP contribution in [0, 0.1) is 6.92 Å². The summed E-state index contributed by atoms with van der Waals surface area (Å²) in [6.45, 7) is 4.21. The number of H-pyrrole nitrogens is 1. The van der Waals surface area contributed by atoms with Crippen molar-refractivity contribution < 1.29 is 9.53 Å². The van der Waals surface area contributed by atoms with E-state index in [1.165, 1.54) is 5.56 Å². The second kappa shape index (κ2) is 4.87. The zero-order valence-corrected chi connectivity index (χ0v) is 9.99. The van der Waals surface area contributed by atoms with Gasteiger partial charge in [0.05, 0.1) is 6.61 Å². The van der Waals surface area contributed by atoms with Gasteiger partial charge in [-0.05, 0) is 25.5 Å². The Kier molecular flexibility index (Phi) is 3.28. The van der Waals surface area contributed by atoms with Crippen LogP contribution >= 0.6 is 0 Å². The second-order valence-corrected chi connectivity index (χ2v) is 3.86. The van der Waals surface area contributed by atoms with Crippen LogP contribution in [0.15, 0.2) is 36.5 Å². The highest BCUT2D eigenvalue weighted by Gasteiger charge is 2.14. The molecule has 0 aliphatic carbocycles. The molecular formula is C14H15NO2. The highest BCUT2D eigenvalue weighted by atomic mass is 16.5. The van der Waals surface area contributed by atoms with Gasteiger partial charge < -0.3 is 9.72 Å². The Balaban J connectivity index is 2.40. The van der Waals surface area contributed by atoms with Crippen LogP contribution in [0.2, 0.25) is 0 Å². The van der Waals surface area contributed by atoms with E-state index in [1.807, 2.05) is 37.3 Å². The molecule has 0 fully saturated rings. The first-order valence-electron chi connectivity index (χ1n) is 5.64. The van der Waals surface area contributed by atoms with E-state index in [9.17, 15) is 4.79 Å². The van der Waals surface area contributed by atoms with E-state index in [-0.39, 0.29) is 5.97 Å². The molecule has 0 spiro atoms. The van der Waals surface area contributed by atoms with E-state index in [4.69, 9.17) is 4.74 Å². The van der Waals surface area contributed by atoms with Crippen LogP contribution in [-0.4, -0.2) is 17.6 Å². The van der Waals surface area contributed by atoms with Gasteiger partial charge in [0.2, 0.25) is 0 Å². The van der Waals surface area contributed by atoms with Crippen molar-refractivity contribution in [1.82, 2.24) is 4.98 Å². The van der Waals surface area contributed by atoms with E-state index < -0.39 is 0 Å². The fraction of sp³-hybridized carbons (Fsp3) is 0.214. The number of nitrogens with one attached hydrogen (secondary N) is 1. The lowest BCUT2D eigenvalue weighted by Crippen LogP contribution is -2.06. The minimum atomic E-state index is -0.311. The second-order valence-electron chi connectivity index (χ2n) is 3.86. The van der Waals surface area contributed by atoms with Gasteiger partial charge in [0.1, 0.15) is 5.69 Å². The molecule has 0 radical (unpaired) electrons. The van der Waals surface area contributed by atoms with Crippen molar-refractivity contribution in [2.45, 2.75) is 13.8 Å². The van der Waals surface area contributed by atoms with Crippen LogP contribution in [0.3, 0.4) is 0 Å². The Morgan fingerprint density at radius 1 is 1.35 bits per heavy atom. The Morgan fingerprint density at radius 3 is 2.88 bits per heavy atom. The van der Waals surface area contributed by atoms with Crippen LogP contribution in [0.5, 0.6) is 0 Å². The minimum absolute atomic E-state index is 0.311. The van der Waals surface area contributed by atoms with Gasteiger partial charge in [-0.3, -0.25) is 0 Å². The maximum absolute atomic E-state index is 11.7. The molecule has 3 nitrogen and oxygen atoms in total. The number of hydrogen-bond donors (Lipinski definition) is 1. The molecule has 0 unspecified atom stereocenters. The molecule has 0 atom stereocenters. The summed E-state index contributed by atoms with van der Waals surface area (Å²) in [6, 6.07) is 9.93. The van der Waals surface area contributed by atoms with Crippen molar-refractivity contribution in [3.8, 4) is 11.1 Å². The molecule has 0 amide bonds. The number of benzene rings is 1. The van der Waals surface area contributed by atoms with Gasteiger partial charge in [-0.15, -0.1) is 0 Å². The molecule has 3 heteroatoms. The average Bonchev–Trinajstić information content (AvgIpc) is 2.78. The highest BCUT2D eigenvalue weighted by Crippen LogP contribution is 2.24. The summed E-state index contributed by atoms with van der Waals surface area (Å²) in [5, 5.41) is 0. The lowest BCUT2D eigenvalue weighted by atomic mass is 10.0. The molecule has 0 saturated heterocycles. The molecule has 0 aliphatic heterocycles. The molecule has 1 heterocycles. The van der Waals surface area contributed by atoms with Crippen LogP contribution in [-0.2, 0) is 4.74 Å². The number of carbonyl (C=O) groups excluding carboxylic acids is 1. The standard InChI is InChI=1S/C14H15NO2/c1-3-17-14(16)13-12(7-8-15-13)11-6-4-5-10(2)9-11/h4-9,15H,3H2,1-2H3. The summed E-state index contributed by atoms with van der Waals surface area (Å²) < 4.78 is 5.01. The molecule has 0 saturated carbocycles. The number of aryl methyl sites for hydroxylation is 1. The summed E-state index contributed by atoms with van der Waals surface area (Å²) >= 11 is 0. The monoisotopic (exact) mass is 229 g/mol. The maximum Gasteiger partial charge on any atom is 0.355 e. The zero-order valence-electron chi connectivity index (χ0n) is 9.99. The molecule has 88 valence electrons. The van der Waals surface area contributed by atoms with Crippen molar-refractivity contribution in [1.29, 1.82) is 0 Å². The van der Waals surface area contributed by atoms with Crippen molar-refractivity contribution in [3.05, 3.63) is 47.8 Å². The number of esters is 1. The highest BCUT2D eigenvalue weighted by molar-refractivity contribution is 5.95. The van der Waals surface area contributed by atoms with Crippen LogP contribution in [0.4, 0.5) is 0 Å². The smallest absolute Gasteiger partial charge is 0.355 e. The topological polar surface area (TPSA) is 42.1 Å². The third kappa shape index (κ3) is 2.38. The Bertz CT molecular complexity index is 529. The van der Waals surface area contributed by atoms with Crippen LogP contribution in [0.1, 0.15) is 23.0 Å². The molecular weight excluding hydrogens is 214 g/mol. The van der Waals surface area contributed by atoms with Gasteiger partial charge in [0.15, 0.2) is 0 Å². The van der Waals surface area contributed by atoms with E-state index in [0.717, 1.165) is 11.1 Å². The quantitative estimate of drug-likeness (QED) is 0.821. The molecule has 1 N–H and O–H groups in total. The molecule has 2 aromatic rings. The van der Waals surface area contributed by atoms with Crippen molar-refractivity contribution in [3.63, 3.8) is 0 Å². The molecule has 17 heavy (non-hydrogen) atoms. The van der Waals surface area contributed by atoms with Gasteiger partial charge in [0.25, 0.3) is 0 Å². The first-order valence-corrected chi connectivity index (χ1v) is 5.64. The third-order valence-corrected chi connectivity index (χ3v) is 2.56. The fourth-order valence-corrected chi connectivity index (χ4v) is 1.79. The van der Waals surface area contributed by atoms with Gasteiger partial charge in [-0.2, -0.15) is 0 Å². The summed E-state index contributed by atoms with van der Waals surface area (Å²) in [7, 11) is 0. The van der Waals surface area contributed by atoms with Gasteiger partial charge in [-0.25, -0.2) is 4.79 Å². The van der Waals surface area contributed by atoms with Crippen LogP contribution in [0.25, 0.3) is 11.1 Å². The zero-order chi connectivity index (χ0) is 12.3. The largest absolute Gasteiger partial charge is 0.461 e. The molecule has 0 bridgehead atoms. The molecule has 0 aliphatic rings. The lowest BCUT2D eigenvalue weighted by Gasteiger charge is -2.04. The fourth-order valence-electron chi connectivity index (χ4n) is 1.79. The number of ether oxygens (including phenoxy) is 1. The predicted molar refractivity (Wildman–Crippen MR) is 66.9 cm³/mol. The Hall–Kier alpha value is -2.03. The van der Waals surface area contributed by atoms with Gasteiger partial charge in [0, 0.05) is 11.8 Å². The summed E-state index contributed by atoms with van der Waals surface area (Å²) in [5.41, 5.74) is 3.58. The number of rotatable bonds is 3.